The van der Waals surface area contributed by atoms with Gasteiger partial charge in [-0.25, -0.2) is 0 Å². The van der Waals surface area contributed by atoms with Crippen LogP contribution in [0.4, 0.5) is 0 Å². The third kappa shape index (κ3) is 1.14. The van der Waals surface area contributed by atoms with Gasteiger partial charge in [0.15, 0.2) is 0 Å². The molecule has 0 amide bonds. The van der Waals surface area contributed by atoms with Crippen LogP contribution in [0.15, 0.2) is 0 Å². The molecule has 0 aliphatic carbocycles. The first kappa shape index (κ1) is 4.39. The summed E-state index contributed by atoms with van der Waals surface area (Å²) in [6, 6.07) is 0. The van der Waals surface area contributed by atoms with Crippen molar-refractivity contribution >= 4 is 46.5 Å². The molecule has 1 rings (SSSR count). The van der Waals surface area contributed by atoms with Gasteiger partial charge in [-0.05, 0) is 0 Å². The Morgan fingerprint density at radius 1 is 0.500 bits per heavy atom. The van der Waals surface area contributed by atoms with Gasteiger partial charge in [-0.3, -0.25) is 0 Å². The van der Waals surface area contributed by atoms with Crippen molar-refractivity contribution in [3.05, 3.63) is 0 Å². The van der Waals surface area contributed by atoms with Gasteiger partial charge in [0.1, 0.15) is 0 Å². The SMILES string of the molecule is [As]1[As][As][As]1. The Balaban J connectivity index is 2.00. The van der Waals surface area contributed by atoms with Crippen LogP contribution < -0.4 is 0 Å². The average molecular weight is 300 g/mol. The molecule has 4 radical (unpaired) electrons. The zero-order valence-electron chi connectivity index (χ0n) is 1.79. The molecule has 0 spiro atoms. The Kier molecular flexibility index (Phi) is 2.65. The van der Waals surface area contributed by atoms with Crippen molar-refractivity contribution in [2.75, 3.05) is 0 Å². The summed E-state index contributed by atoms with van der Waals surface area (Å²) >= 11 is 4.50. The standard InChI is InChI=1S/As4/c1-2-4-3-1. The third-order valence-corrected chi connectivity index (χ3v) is 117. The Labute approximate surface area is 45.8 Å². The topological polar surface area (TPSA) is 0 Å². The average Bonchev–Trinajstić information content (AvgIpc) is 0.722. The van der Waals surface area contributed by atoms with Crippen molar-refractivity contribution in [1.82, 2.24) is 0 Å². The van der Waals surface area contributed by atoms with Crippen molar-refractivity contribution in [3.63, 3.8) is 0 Å². The molecule has 1 aliphatic rings. The summed E-state index contributed by atoms with van der Waals surface area (Å²) in [6.07, 6.45) is 0. The minimum absolute atomic E-state index is 1.12. The molecular weight excluding hydrogens is 300 g/mol. The van der Waals surface area contributed by atoms with Crippen LogP contribution in [0.2, 0.25) is 0 Å². The van der Waals surface area contributed by atoms with Crippen molar-refractivity contribution in [1.29, 1.82) is 0 Å². The van der Waals surface area contributed by atoms with Gasteiger partial charge in [-0.1, -0.05) is 0 Å². The van der Waals surface area contributed by atoms with Crippen molar-refractivity contribution in [2.24, 2.45) is 0 Å². The maximum atomic E-state index is 1.12. The molecule has 0 aromatic carbocycles. The summed E-state index contributed by atoms with van der Waals surface area (Å²) in [7, 11) is 0. The van der Waals surface area contributed by atoms with Gasteiger partial charge < -0.3 is 0 Å². The summed E-state index contributed by atoms with van der Waals surface area (Å²) in [5.41, 5.74) is 0. The van der Waals surface area contributed by atoms with Gasteiger partial charge in [0.25, 0.3) is 0 Å². The molecule has 1 saturated heterocycles. The zero-order valence-corrected chi connectivity index (χ0v) is 9.30. The van der Waals surface area contributed by atoms with E-state index in [0.29, 0.717) is 0 Å². The quantitative estimate of drug-likeness (QED) is 0.477. The monoisotopic (exact) mass is 300 g/mol. The minimum atomic E-state index is 1.12. The van der Waals surface area contributed by atoms with E-state index in [9.17, 15) is 0 Å². The molecule has 0 N–H and O–H groups in total. The molecule has 4 heavy (non-hydrogen) atoms. The molecule has 0 bridgehead atoms. The van der Waals surface area contributed by atoms with E-state index < -0.39 is 0 Å². The van der Waals surface area contributed by atoms with Crippen LogP contribution in [0.3, 0.4) is 0 Å². The Morgan fingerprint density at radius 3 is 0.750 bits per heavy atom. The summed E-state index contributed by atoms with van der Waals surface area (Å²) in [6.45, 7) is 0. The van der Waals surface area contributed by atoms with E-state index in [1.165, 1.54) is 0 Å². The molecule has 1 heterocycles. The van der Waals surface area contributed by atoms with Crippen LogP contribution in [0.5, 0.6) is 0 Å². The Bertz CT molecular complexity index is 8.00. The normalized spacial score (nSPS) is 48.0. The van der Waals surface area contributed by atoms with E-state index in [0.717, 1.165) is 46.5 Å². The number of hydrogen-bond donors (Lipinski definition) is 0. The summed E-state index contributed by atoms with van der Waals surface area (Å²) < 4.78 is 0. The molecular formula is As4. The van der Waals surface area contributed by atoms with E-state index in [1.807, 2.05) is 0 Å². The molecule has 0 aromatic heterocycles. The molecule has 0 aromatic rings. The fourth-order valence-corrected chi connectivity index (χ4v) is 29.2. The second-order valence-corrected chi connectivity index (χ2v) is 50.2. The first-order valence-corrected chi connectivity index (χ1v) is 21.6. The molecule has 0 atom stereocenters. The molecule has 1 aliphatic heterocycles. The van der Waals surface area contributed by atoms with E-state index in [-0.39, 0.29) is 0 Å². The number of hydrogen-bond acceptors (Lipinski definition) is 0. The van der Waals surface area contributed by atoms with Crippen molar-refractivity contribution in [3.8, 4) is 0 Å². The van der Waals surface area contributed by atoms with Crippen molar-refractivity contribution in [2.45, 2.75) is 0 Å². The molecule has 1 fully saturated rings. The van der Waals surface area contributed by atoms with E-state index in [1.54, 1.807) is 0 Å². The number of rotatable bonds is 0. The second kappa shape index (κ2) is 2.41. The van der Waals surface area contributed by atoms with Crippen LogP contribution in [0.1, 0.15) is 0 Å². The maximum absolute atomic E-state index is 1.12. The van der Waals surface area contributed by atoms with Crippen LogP contribution >= 0.6 is 0 Å². The predicted molar refractivity (Wildman–Crippen MR) is 23.0 cm³/mol. The van der Waals surface area contributed by atoms with Gasteiger partial charge in [0.05, 0.1) is 0 Å². The first-order valence-electron chi connectivity index (χ1n) is 0.800. The van der Waals surface area contributed by atoms with Crippen LogP contribution in [0.25, 0.3) is 0 Å². The molecule has 0 nitrogen and oxygen atoms in total. The molecule has 0 unspecified atom stereocenters. The first-order chi connectivity index (χ1) is 2.00. The van der Waals surface area contributed by atoms with E-state index in [2.05, 4.69) is 0 Å². The van der Waals surface area contributed by atoms with Gasteiger partial charge in [-0.2, -0.15) is 0 Å². The summed E-state index contributed by atoms with van der Waals surface area (Å²) in [5, 5.41) is 0. The Morgan fingerprint density at radius 2 is 0.750 bits per heavy atom. The molecule has 0 saturated carbocycles. The van der Waals surface area contributed by atoms with Gasteiger partial charge >= 0.3 is 46.5 Å². The summed E-state index contributed by atoms with van der Waals surface area (Å²) in [5.74, 6) is 0. The Hall–Kier alpha value is 2.23. The fourth-order valence-electron chi connectivity index (χ4n) is 0.0400. The molecule has 4 heteroatoms. The van der Waals surface area contributed by atoms with Gasteiger partial charge in [0, 0.05) is 0 Å². The zero-order chi connectivity index (χ0) is 2.83. The fraction of sp³-hybridized carbons (Fsp3) is 0. The van der Waals surface area contributed by atoms with E-state index in [4.69, 9.17) is 0 Å². The van der Waals surface area contributed by atoms with Gasteiger partial charge in [-0.15, -0.1) is 0 Å². The molecule has 20 valence electrons. The van der Waals surface area contributed by atoms with Gasteiger partial charge in [0.2, 0.25) is 0 Å². The second-order valence-electron chi connectivity index (χ2n) is 0.358. The summed E-state index contributed by atoms with van der Waals surface area (Å²) in [4.78, 5) is 0. The predicted octanol–water partition coefficient (Wildman–Crippen LogP) is -1.52. The van der Waals surface area contributed by atoms with Crippen LogP contribution in [-0.4, -0.2) is 46.5 Å². The van der Waals surface area contributed by atoms with Crippen LogP contribution in [-0.2, 0) is 0 Å². The third-order valence-electron chi connectivity index (χ3n) is 0.160. The van der Waals surface area contributed by atoms with Crippen LogP contribution in [0, 0.1) is 0 Å². The van der Waals surface area contributed by atoms with Crippen molar-refractivity contribution < 1.29 is 0 Å². The van der Waals surface area contributed by atoms with E-state index >= 15 is 0 Å².